The van der Waals surface area contributed by atoms with Gasteiger partial charge in [-0.15, -0.1) is 11.3 Å². The first-order chi connectivity index (χ1) is 13.3. The third kappa shape index (κ3) is 4.45. The number of nitrogens with zero attached hydrogens (tertiary/aromatic N) is 4. The second-order valence-electron chi connectivity index (χ2n) is 7.03. The quantitative estimate of drug-likeness (QED) is 0.655. The lowest BCUT2D eigenvalue weighted by atomic mass is 9.96. The molecule has 1 aliphatic rings. The Hall–Kier alpha value is -2.47. The summed E-state index contributed by atoms with van der Waals surface area (Å²) in [5.74, 6) is 1.66. The molecule has 0 bridgehead atoms. The van der Waals surface area contributed by atoms with Crippen LogP contribution in [-0.4, -0.2) is 38.4 Å². The van der Waals surface area contributed by atoms with E-state index in [9.17, 15) is 4.79 Å². The van der Waals surface area contributed by atoms with Crippen molar-refractivity contribution in [3.8, 4) is 0 Å². The molecule has 140 valence electrons. The van der Waals surface area contributed by atoms with Crippen molar-refractivity contribution in [3.05, 3.63) is 70.7 Å². The highest BCUT2D eigenvalue weighted by Crippen LogP contribution is 2.27. The number of aromatic nitrogens is 3. The zero-order valence-electron chi connectivity index (χ0n) is 15.3. The molecule has 3 aromatic rings. The van der Waals surface area contributed by atoms with Crippen LogP contribution in [0.5, 0.6) is 0 Å². The van der Waals surface area contributed by atoms with Crippen molar-refractivity contribution in [2.24, 2.45) is 0 Å². The van der Waals surface area contributed by atoms with Gasteiger partial charge in [0.25, 0.3) is 0 Å². The van der Waals surface area contributed by atoms with Gasteiger partial charge in [0.1, 0.15) is 5.82 Å². The van der Waals surface area contributed by atoms with E-state index in [0.717, 1.165) is 44.7 Å². The third-order valence-corrected chi connectivity index (χ3v) is 6.09. The molecular formula is C21H24N4OS. The highest BCUT2D eigenvalue weighted by molar-refractivity contribution is 7.09. The van der Waals surface area contributed by atoms with Crippen molar-refractivity contribution in [2.75, 3.05) is 13.1 Å². The smallest absolute Gasteiger partial charge is 0.222 e. The summed E-state index contributed by atoms with van der Waals surface area (Å²) in [4.78, 5) is 24.7. The fraction of sp³-hybridized carbons (Fsp3) is 0.381. The maximum Gasteiger partial charge on any atom is 0.222 e. The highest BCUT2D eigenvalue weighted by atomic mass is 32.1. The van der Waals surface area contributed by atoms with E-state index in [1.54, 1.807) is 11.3 Å². The lowest BCUT2D eigenvalue weighted by Gasteiger charge is -2.33. The van der Waals surface area contributed by atoms with Gasteiger partial charge in [-0.2, -0.15) is 0 Å². The summed E-state index contributed by atoms with van der Waals surface area (Å²) in [6.45, 7) is 2.43. The van der Waals surface area contributed by atoms with Gasteiger partial charge in [0, 0.05) is 61.6 Å². The third-order valence-electron chi connectivity index (χ3n) is 5.15. The van der Waals surface area contributed by atoms with Gasteiger partial charge in [-0.3, -0.25) is 9.78 Å². The topological polar surface area (TPSA) is 51.0 Å². The fourth-order valence-electron chi connectivity index (χ4n) is 3.76. The Bertz CT molecular complexity index is 859. The van der Waals surface area contributed by atoms with E-state index in [0.29, 0.717) is 12.3 Å². The standard InChI is InChI=1S/C21H24N4OS/c26-20(6-5-19-4-2-14-27-19)24-12-1-3-18(16-24)21-23-11-13-25(21)15-17-7-9-22-10-8-17/h2,4,7-11,13-14,18H,1,3,5-6,12,15-16H2. The van der Waals surface area contributed by atoms with Crippen molar-refractivity contribution < 1.29 is 4.79 Å². The van der Waals surface area contributed by atoms with Gasteiger partial charge in [0.15, 0.2) is 0 Å². The molecule has 0 aliphatic carbocycles. The van der Waals surface area contributed by atoms with E-state index in [-0.39, 0.29) is 5.91 Å². The predicted octanol–water partition coefficient (Wildman–Crippen LogP) is 3.73. The number of piperidine rings is 1. The van der Waals surface area contributed by atoms with Gasteiger partial charge in [-0.05, 0) is 48.4 Å². The number of hydrogen-bond donors (Lipinski definition) is 0. The Morgan fingerprint density at radius 1 is 1.22 bits per heavy atom. The molecule has 1 aliphatic heterocycles. The van der Waals surface area contributed by atoms with Crippen LogP contribution in [0.1, 0.15) is 41.4 Å². The molecule has 1 atom stereocenters. The summed E-state index contributed by atoms with van der Waals surface area (Å²) in [6, 6.07) is 8.22. The van der Waals surface area contributed by atoms with Crippen molar-refractivity contribution in [1.82, 2.24) is 19.4 Å². The SMILES string of the molecule is O=C(CCc1cccs1)N1CCCC(c2nccn2Cc2ccncc2)C1. The highest BCUT2D eigenvalue weighted by Gasteiger charge is 2.27. The molecule has 6 heteroatoms. The van der Waals surface area contributed by atoms with Gasteiger partial charge in [0.2, 0.25) is 5.91 Å². The van der Waals surface area contributed by atoms with Gasteiger partial charge >= 0.3 is 0 Å². The normalized spacial score (nSPS) is 17.2. The van der Waals surface area contributed by atoms with Gasteiger partial charge in [-0.25, -0.2) is 4.98 Å². The van der Waals surface area contributed by atoms with Crippen LogP contribution in [0.2, 0.25) is 0 Å². The van der Waals surface area contributed by atoms with Gasteiger partial charge in [-0.1, -0.05) is 6.07 Å². The molecule has 1 amide bonds. The Morgan fingerprint density at radius 3 is 2.93 bits per heavy atom. The summed E-state index contributed by atoms with van der Waals surface area (Å²) >= 11 is 1.72. The van der Waals surface area contributed by atoms with E-state index in [2.05, 4.69) is 26.0 Å². The molecule has 0 aromatic carbocycles. The molecule has 1 saturated heterocycles. The van der Waals surface area contributed by atoms with Crippen LogP contribution in [-0.2, 0) is 17.8 Å². The van der Waals surface area contributed by atoms with Crippen LogP contribution >= 0.6 is 11.3 Å². The molecule has 1 unspecified atom stereocenters. The van der Waals surface area contributed by atoms with Crippen LogP contribution in [0, 0.1) is 0 Å². The Balaban J connectivity index is 1.40. The largest absolute Gasteiger partial charge is 0.342 e. The lowest BCUT2D eigenvalue weighted by Crippen LogP contribution is -2.39. The monoisotopic (exact) mass is 380 g/mol. The fourth-order valence-corrected chi connectivity index (χ4v) is 4.47. The summed E-state index contributed by atoms with van der Waals surface area (Å²) < 4.78 is 2.21. The van der Waals surface area contributed by atoms with E-state index in [1.165, 1.54) is 10.4 Å². The zero-order chi connectivity index (χ0) is 18.5. The molecule has 0 radical (unpaired) electrons. The molecule has 0 saturated carbocycles. The number of rotatable bonds is 6. The lowest BCUT2D eigenvalue weighted by molar-refractivity contribution is -0.132. The van der Waals surface area contributed by atoms with Crippen LogP contribution in [0.25, 0.3) is 0 Å². The Labute approximate surface area is 163 Å². The number of pyridine rings is 1. The number of amides is 1. The number of imidazole rings is 1. The Morgan fingerprint density at radius 2 is 2.11 bits per heavy atom. The number of likely N-dealkylation sites (tertiary alicyclic amines) is 1. The molecule has 5 nitrogen and oxygen atoms in total. The number of thiophene rings is 1. The Kier molecular flexibility index (Phi) is 5.63. The summed E-state index contributed by atoms with van der Waals surface area (Å²) in [7, 11) is 0. The molecule has 4 heterocycles. The second kappa shape index (κ2) is 8.48. The summed E-state index contributed by atoms with van der Waals surface area (Å²) in [6.07, 6.45) is 11.1. The maximum absolute atomic E-state index is 12.7. The first kappa shape index (κ1) is 17.9. The number of aryl methyl sites for hydroxylation is 1. The number of carbonyl (C=O) groups is 1. The maximum atomic E-state index is 12.7. The van der Waals surface area contributed by atoms with Crippen LogP contribution in [0.15, 0.2) is 54.4 Å². The molecule has 1 fully saturated rings. The second-order valence-corrected chi connectivity index (χ2v) is 8.06. The van der Waals surface area contributed by atoms with Crippen LogP contribution in [0.4, 0.5) is 0 Å². The number of carbonyl (C=O) groups excluding carboxylic acids is 1. The van der Waals surface area contributed by atoms with Gasteiger partial charge < -0.3 is 9.47 Å². The van der Waals surface area contributed by atoms with E-state index >= 15 is 0 Å². The van der Waals surface area contributed by atoms with E-state index in [1.807, 2.05) is 47.9 Å². The van der Waals surface area contributed by atoms with Crippen molar-refractivity contribution in [2.45, 2.75) is 38.1 Å². The van der Waals surface area contributed by atoms with Crippen molar-refractivity contribution >= 4 is 17.2 Å². The predicted molar refractivity (Wildman–Crippen MR) is 107 cm³/mol. The molecule has 3 aromatic heterocycles. The first-order valence-electron chi connectivity index (χ1n) is 9.49. The summed E-state index contributed by atoms with van der Waals surface area (Å²) in [5.41, 5.74) is 1.21. The van der Waals surface area contributed by atoms with E-state index < -0.39 is 0 Å². The minimum atomic E-state index is 0.264. The number of hydrogen-bond acceptors (Lipinski definition) is 4. The van der Waals surface area contributed by atoms with Crippen molar-refractivity contribution in [3.63, 3.8) is 0 Å². The minimum Gasteiger partial charge on any atom is -0.342 e. The molecule has 0 spiro atoms. The molecule has 0 N–H and O–H groups in total. The molecule has 4 rings (SSSR count). The van der Waals surface area contributed by atoms with Crippen LogP contribution in [0.3, 0.4) is 0 Å². The molecule has 27 heavy (non-hydrogen) atoms. The van der Waals surface area contributed by atoms with Crippen LogP contribution < -0.4 is 0 Å². The zero-order valence-corrected chi connectivity index (χ0v) is 16.1. The first-order valence-corrected chi connectivity index (χ1v) is 10.4. The van der Waals surface area contributed by atoms with E-state index in [4.69, 9.17) is 0 Å². The molecular weight excluding hydrogens is 356 g/mol. The minimum absolute atomic E-state index is 0.264. The van der Waals surface area contributed by atoms with Gasteiger partial charge in [0.05, 0.1) is 0 Å². The average Bonchev–Trinajstić information content (AvgIpc) is 3.39. The average molecular weight is 381 g/mol. The van der Waals surface area contributed by atoms with Crippen molar-refractivity contribution in [1.29, 1.82) is 0 Å². The summed E-state index contributed by atoms with van der Waals surface area (Å²) in [5, 5.41) is 2.07.